The molecule has 122 valence electrons. The first kappa shape index (κ1) is 17.8. The normalized spacial score (nSPS) is 19.3. The van der Waals surface area contributed by atoms with Crippen LogP contribution < -0.4 is 5.32 Å². The monoisotopic (exact) mass is 415 g/mol. The summed E-state index contributed by atoms with van der Waals surface area (Å²) in [4.78, 5) is 0. The first-order chi connectivity index (χ1) is 10.4. The maximum Gasteiger partial charge on any atom is 0.109 e. The number of hydrogen-bond acceptors (Lipinski definition) is 3. The number of fused-ring (bicyclic) bond motifs is 1. The van der Waals surface area contributed by atoms with Crippen molar-refractivity contribution in [1.29, 1.82) is 0 Å². The number of anilines is 1. The zero-order chi connectivity index (χ0) is 16.3. The smallest absolute Gasteiger partial charge is 0.109 e. The van der Waals surface area contributed by atoms with E-state index in [0.29, 0.717) is 13.0 Å². The van der Waals surface area contributed by atoms with Crippen LogP contribution in [-0.2, 0) is 11.2 Å². The van der Waals surface area contributed by atoms with Crippen molar-refractivity contribution >= 4 is 28.3 Å². The van der Waals surface area contributed by atoms with Crippen molar-refractivity contribution in [3.05, 3.63) is 38.5 Å². The molecule has 0 amide bonds. The van der Waals surface area contributed by atoms with Gasteiger partial charge in [0.1, 0.15) is 5.60 Å². The van der Waals surface area contributed by atoms with Crippen molar-refractivity contribution in [3.63, 3.8) is 0 Å². The molecule has 0 saturated carbocycles. The molecule has 4 heteroatoms. The maximum absolute atomic E-state index is 11.2. The molecule has 0 aliphatic carbocycles. The van der Waals surface area contributed by atoms with Crippen LogP contribution in [0.4, 0.5) is 5.69 Å². The van der Waals surface area contributed by atoms with Gasteiger partial charge in [0.2, 0.25) is 0 Å². The number of halogens is 1. The molecule has 0 fully saturated rings. The Kier molecular flexibility index (Phi) is 5.91. The van der Waals surface area contributed by atoms with Gasteiger partial charge in [0.15, 0.2) is 0 Å². The molecule has 2 atom stereocenters. The number of allylic oxidation sites excluding steroid dienone is 2. The molecule has 1 aromatic carbocycles. The molecule has 0 saturated heterocycles. The van der Waals surface area contributed by atoms with Gasteiger partial charge in [-0.05, 0) is 86.4 Å². The largest absolute Gasteiger partial charge is 0.385 e. The van der Waals surface area contributed by atoms with E-state index in [2.05, 4.69) is 66.9 Å². The van der Waals surface area contributed by atoms with E-state index in [1.807, 2.05) is 0 Å². The molecule has 3 nitrogen and oxygen atoms in total. The number of hydrogen-bond donors (Lipinski definition) is 2. The fourth-order valence-corrected chi connectivity index (χ4v) is 3.46. The van der Waals surface area contributed by atoms with Crippen LogP contribution in [0.3, 0.4) is 0 Å². The Morgan fingerprint density at radius 1 is 1.41 bits per heavy atom. The Morgan fingerprint density at radius 3 is 2.77 bits per heavy atom. The van der Waals surface area contributed by atoms with E-state index < -0.39 is 5.60 Å². The van der Waals surface area contributed by atoms with Crippen LogP contribution >= 0.6 is 22.6 Å². The average Bonchev–Trinajstić information content (AvgIpc) is 2.88. The second-order valence-electron chi connectivity index (χ2n) is 6.52. The Balaban J connectivity index is 2.13. The maximum atomic E-state index is 11.2. The molecular weight excluding hydrogens is 389 g/mol. The van der Waals surface area contributed by atoms with E-state index >= 15 is 0 Å². The quantitative estimate of drug-likeness (QED) is 0.542. The van der Waals surface area contributed by atoms with Crippen LogP contribution in [0.25, 0.3) is 0 Å². The fourth-order valence-electron chi connectivity index (χ4n) is 2.91. The van der Waals surface area contributed by atoms with E-state index in [1.165, 1.54) is 20.3 Å². The molecular formula is C18H26INO2. The lowest BCUT2D eigenvalue weighted by Crippen LogP contribution is -2.49. The molecule has 2 N–H and O–H groups in total. The van der Waals surface area contributed by atoms with E-state index in [-0.39, 0.29) is 6.04 Å². The second-order valence-corrected chi connectivity index (χ2v) is 7.77. The van der Waals surface area contributed by atoms with E-state index in [1.54, 1.807) is 7.11 Å². The summed E-state index contributed by atoms with van der Waals surface area (Å²) in [6.45, 7) is 6.74. The lowest BCUT2D eigenvalue weighted by atomic mass is 9.86. The van der Waals surface area contributed by atoms with Crippen molar-refractivity contribution < 1.29 is 9.84 Å². The van der Waals surface area contributed by atoms with Crippen LogP contribution in [0.5, 0.6) is 0 Å². The summed E-state index contributed by atoms with van der Waals surface area (Å²) < 4.78 is 6.56. The molecule has 2 rings (SSSR count). The van der Waals surface area contributed by atoms with Gasteiger partial charge in [-0.1, -0.05) is 11.1 Å². The highest BCUT2D eigenvalue weighted by Crippen LogP contribution is 2.34. The van der Waals surface area contributed by atoms with Crippen LogP contribution in [0.2, 0.25) is 0 Å². The van der Waals surface area contributed by atoms with Crippen molar-refractivity contribution in [2.45, 2.75) is 51.7 Å². The third-order valence-corrected chi connectivity index (χ3v) is 5.32. The zero-order valence-corrected chi connectivity index (χ0v) is 16.0. The Labute approximate surface area is 147 Å². The van der Waals surface area contributed by atoms with Crippen molar-refractivity contribution in [2.24, 2.45) is 0 Å². The van der Waals surface area contributed by atoms with Gasteiger partial charge in [0.25, 0.3) is 0 Å². The summed E-state index contributed by atoms with van der Waals surface area (Å²) in [7, 11) is 1.66. The molecule has 1 heterocycles. The van der Waals surface area contributed by atoms with Gasteiger partial charge in [0.05, 0.1) is 12.6 Å². The first-order valence-corrected chi connectivity index (χ1v) is 8.83. The number of methoxy groups -OCH3 is 1. The molecule has 0 bridgehead atoms. The topological polar surface area (TPSA) is 41.5 Å². The summed E-state index contributed by atoms with van der Waals surface area (Å²) in [6, 6.07) is 6.39. The highest BCUT2D eigenvalue weighted by Gasteiger charge is 2.40. The van der Waals surface area contributed by atoms with Crippen LogP contribution in [-0.4, -0.2) is 30.5 Å². The van der Waals surface area contributed by atoms with Crippen molar-refractivity contribution in [2.75, 3.05) is 19.0 Å². The van der Waals surface area contributed by atoms with Crippen molar-refractivity contribution in [1.82, 2.24) is 0 Å². The minimum absolute atomic E-state index is 0.00520. The summed E-state index contributed by atoms with van der Waals surface area (Å²) in [5.41, 5.74) is 4.25. The summed E-state index contributed by atoms with van der Waals surface area (Å²) >= 11 is 2.33. The van der Waals surface area contributed by atoms with Gasteiger partial charge in [-0.3, -0.25) is 0 Å². The van der Waals surface area contributed by atoms with Gasteiger partial charge in [-0.2, -0.15) is 0 Å². The Hall–Kier alpha value is -0.590. The molecule has 22 heavy (non-hydrogen) atoms. The van der Waals surface area contributed by atoms with Crippen LogP contribution in [0, 0.1) is 3.57 Å². The van der Waals surface area contributed by atoms with E-state index in [9.17, 15) is 5.11 Å². The summed E-state index contributed by atoms with van der Waals surface area (Å²) in [5, 5.41) is 14.7. The number of nitrogens with one attached hydrogen (secondary N) is 1. The zero-order valence-electron chi connectivity index (χ0n) is 13.9. The molecule has 0 radical (unpaired) electrons. The first-order valence-electron chi connectivity index (χ1n) is 7.75. The third kappa shape index (κ3) is 4.03. The predicted molar refractivity (Wildman–Crippen MR) is 100 cm³/mol. The van der Waals surface area contributed by atoms with Crippen LogP contribution in [0.15, 0.2) is 29.3 Å². The van der Waals surface area contributed by atoms with E-state index in [0.717, 1.165) is 18.5 Å². The minimum Gasteiger partial charge on any atom is -0.385 e. The molecule has 0 spiro atoms. The van der Waals surface area contributed by atoms with Gasteiger partial charge in [-0.25, -0.2) is 0 Å². The lowest BCUT2D eigenvalue weighted by Gasteiger charge is -2.34. The van der Waals surface area contributed by atoms with Crippen molar-refractivity contribution in [3.8, 4) is 0 Å². The molecule has 1 aliphatic heterocycles. The van der Waals surface area contributed by atoms with Gasteiger partial charge in [-0.15, -0.1) is 0 Å². The highest BCUT2D eigenvalue weighted by atomic mass is 127. The lowest BCUT2D eigenvalue weighted by molar-refractivity contribution is -0.0489. The third-order valence-electron chi connectivity index (χ3n) is 4.65. The molecule has 1 aliphatic rings. The number of aliphatic hydroxyl groups is 1. The number of benzene rings is 1. The second kappa shape index (κ2) is 7.32. The number of rotatable bonds is 6. The number of ether oxygens (including phenoxy) is 1. The Morgan fingerprint density at radius 2 is 2.14 bits per heavy atom. The molecule has 1 aromatic rings. The average molecular weight is 415 g/mol. The SMILES string of the molecule is COC[C@@](O)(CCC(C)=C(C)C)[C@@H]1Cc2cc(I)ccc2N1. The standard InChI is InChI=1S/C18H26INO2/c1-12(2)13(3)7-8-18(21,11-22-4)17-10-14-9-15(19)5-6-16(14)20-17/h5-6,9,17,20-21H,7-8,10-11H2,1-4H3/t17-,18-/m0/s1. The summed E-state index contributed by atoms with van der Waals surface area (Å²) in [6.07, 6.45) is 2.45. The highest BCUT2D eigenvalue weighted by molar-refractivity contribution is 14.1. The van der Waals surface area contributed by atoms with Gasteiger partial charge < -0.3 is 15.2 Å². The van der Waals surface area contributed by atoms with Gasteiger partial charge in [0, 0.05) is 16.4 Å². The minimum atomic E-state index is -0.851. The van der Waals surface area contributed by atoms with Gasteiger partial charge >= 0.3 is 0 Å². The molecule has 0 unspecified atom stereocenters. The van der Waals surface area contributed by atoms with Crippen LogP contribution in [0.1, 0.15) is 39.2 Å². The molecule has 0 aromatic heterocycles. The summed E-state index contributed by atoms with van der Waals surface area (Å²) in [5.74, 6) is 0. The van der Waals surface area contributed by atoms with E-state index in [4.69, 9.17) is 4.74 Å². The Bertz CT molecular complexity index is 566. The predicted octanol–water partition coefficient (Wildman–Crippen LogP) is 4.14. The fraction of sp³-hybridized carbons (Fsp3) is 0.556.